The van der Waals surface area contributed by atoms with Crippen LogP contribution in [0.3, 0.4) is 0 Å². The lowest BCUT2D eigenvalue weighted by Crippen LogP contribution is -1.98. The highest BCUT2D eigenvalue weighted by atomic mass is 35.5. The maximum atomic E-state index is 13.0. The molecule has 0 spiro atoms. The Labute approximate surface area is 85.6 Å². The number of benzene rings is 1. The van der Waals surface area contributed by atoms with Crippen molar-refractivity contribution < 1.29 is 14.3 Å². The third-order valence-corrected chi connectivity index (χ3v) is 2.12. The fourth-order valence-corrected chi connectivity index (χ4v) is 1.32. The summed E-state index contributed by atoms with van der Waals surface area (Å²) >= 11 is 5.77. The lowest BCUT2D eigenvalue weighted by Gasteiger charge is -2.03. The second kappa shape index (κ2) is 4.24. The number of allylic oxidation sites excluding steroid dienone is 1. The van der Waals surface area contributed by atoms with Crippen LogP contribution in [0.2, 0.25) is 5.02 Å². The fourth-order valence-electron chi connectivity index (χ4n) is 1.04. The van der Waals surface area contributed by atoms with Crippen LogP contribution in [-0.2, 0) is 4.79 Å². The Hall–Kier alpha value is -1.35. The van der Waals surface area contributed by atoms with Gasteiger partial charge in [-0.15, -0.1) is 0 Å². The minimum atomic E-state index is -1.58. The molecule has 1 aromatic rings. The highest BCUT2D eigenvalue weighted by Crippen LogP contribution is 2.26. The molecule has 0 amide bonds. The van der Waals surface area contributed by atoms with Gasteiger partial charge in [0, 0.05) is 10.6 Å². The van der Waals surface area contributed by atoms with Crippen LogP contribution in [0.4, 0.5) is 4.39 Å². The standard InChI is InChI=1S/C10H8ClFO2/c1-6(9(12)10(13)14)7-4-2-3-5-8(7)11/h2-5H,1H3,(H,13,14)/b9-6-. The van der Waals surface area contributed by atoms with Crippen molar-refractivity contribution in [3.05, 3.63) is 40.7 Å². The molecule has 74 valence electrons. The first-order chi connectivity index (χ1) is 6.54. The Morgan fingerprint density at radius 1 is 1.43 bits per heavy atom. The van der Waals surface area contributed by atoms with Gasteiger partial charge in [0.15, 0.2) is 0 Å². The fraction of sp³-hybridized carbons (Fsp3) is 0.100. The molecule has 0 radical (unpaired) electrons. The zero-order valence-corrected chi connectivity index (χ0v) is 8.18. The van der Waals surface area contributed by atoms with Crippen molar-refractivity contribution >= 4 is 23.1 Å². The molecule has 0 saturated carbocycles. The number of carboxylic acid groups (broad SMARTS) is 1. The minimum absolute atomic E-state index is 0.0306. The van der Waals surface area contributed by atoms with Gasteiger partial charge in [-0.2, -0.15) is 4.39 Å². The van der Waals surface area contributed by atoms with Gasteiger partial charge in [-0.3, -0.25) is 0 Å². The molecule has 1 rings (SSSR count). The average Bonchev–Trinajstić information content (AvgIpc) is 2.16. The third-order valence-electron chi connectivity index (χ3n) is 1.79. The maximum Gasteiger partial charge on any atom is 0.365 e. The molecule has 2 nitrogen and oxygen atoms in total. The van der Waals surface area contributed by atoms with Crippen molar-refractivity contribution in [3.63, 3.8) is 0 Å². The van der Waals surface area contributed by atoms with Crippen LogP contribution in [0.25, 0.3) is 5.57 Å². The molecule has 0 bridgehead atoms. The van der Waals surface area contributed by atoms with Gasteiger partial charge in [-0.05, 0) is 18.6 Å². The van der Waals surface area contributed by atoms with E-state index in [0.717, 1.165) is 0 Å². The maximum absolute atomic E-state index is 13.0. The lowest BCUT2D eigenvalue weighted by atomic mass is 10.1. The molecule has 0 fully saturated rings. The number of rotatable bonds is 2. The van der Waals surface area contributed by atoms with Crippen molar-refractivity contribution in [1.29, 1.82) is 0 Å². The molecule has 4 heteroatoms. The summed E-state index contributed by atoms with van der Waals surface area (Å²) in [7, 11) is 0. The number of hydrogen-bond donors (Lipinski definition) is 1. The summed E-state index contributed by atoms with van der Waals surface area (Å²) in [6, 6.07) is 6.51. The quantitative estimate of drug-likeness (QED) is 0.768. The first-order valence-corrected chi connectivity index (χ1v) is 4.26. The molecule has 14 heavy (non-hydrogen) atoms. The van der Waals surface area contributed by atoms with Crippen molar-refractivity contribution in [2.45, 2.75) is 6.92 Å². The largest absolute Gasteiger partial charge is 0.476 e. The predicted molar refractivity (Wildman–Crippen MR) is 52.8 cm³/mol. The van der Waals surface area contributed by atoms with E-state index in [1.54, 1.807) is 24.3 Å². The Morgan fingerprint density at radius 3 is 2.50 bits per heavy atom. The van der Waals surface area contributed by atoms with Crippen LogP contribution in [0.15, 0.2) is 30.1 Å². The summed E-state index contributed by atoms with van der Waals surface area (Å²) in [5.74, 6) is -2.76. The van der Waals surface area contributed by atoms with Gasteiger partial charge in [-0.1, -0.05) is 29.8 Å². The number of carbonyl (C=O) groups is 1. The van der Waals surface area contributed by atoms with Crippen molar-refractivity contribution in [3.8, 4) is 0 Å². The summed E-state index contributed by atoms with van der Waals surface area (Å²) < 4.78 is 13.0. The molecule has 0 saturated heterocycles. The zero-order valence-electron chi connectivity index (χ0n) is 7.42. The smallest absolute Gasteiger partial charge is 0.365 e. The molecular formula is C10H8ClFO2. The van der Waals surface area contributed by atoms with Gasteiger partial charge in [0.25, 0.3) is 0 Å². The molecule has 0 aliphatic rings. The van der Waals surface area contributed by atoms with Gasteiger partial charge in [0.1, 0.15) is 0 Å². The lowest BCUT2D eigenvalue weighted by molar-refractivity contribution is -0.134. The monoisotopic (exact) mass is 214 g/mol. The molecule has 0 aliphatic carbocycles. The minimum Gasteiger partial charge on any atom is -0.476 e. The number of halogens is 2. The molecule has 0 heterocycles. The van der Waals surface area contributed by atoms with Gasteiger partial charge in [-0.25, -0.2) is 4.79 Å². The normalized spacial score (nSPS) is 12.2. The van der Waals surface area contributed by atoms with E-state index in [-0.39, 0.29) is 5.57 Å². The Bertz CT molecular complexity index is 399. The highest BCUT2D eigenvalue weighted by molar-refractivity contribution is 6.32. The Balaban J connectivity index is 3.25. The Kier molecular flexibility index (Phi) is 3.25. The predicted octanol–water partition coefficient (Wildman–Crippen LogP) is 3.13. The van der Waals surface area contributed by atoms with E-state index in [1.807, 2.05) is 0 Å². The van der Waals surface area contributed by atoms with Crippen LogP contribution < -0.4 is 0 Å². The number of carboxylic acids is 1. The van der Waals surface area contributed by atoms with E-state index < -0.39 is 11.8 Å². The first-order valence-electron chi connectivity index (χ1n) is 3.88. The second-order valence-corrected chi connectivity index (χ2v) is 3.13. The molecule has 0 aliphatic heterocycles. The van der Waals surface area contributed by atoms with Gasteiger partial charge in [0.05, 0.1) is 0 Å². The van der Waals surface area contributed by atoms with Crippen molar-refractivity contribution in [1.82, 2.24) is 0 Å². The topological polar surface area (TPSA) is 37.3 Å². The molecule has 0 aromatic heterocycles. The SMILES string of the molecule is C/C(=C(/F)C(=O)O)c1ccccc1Cl. The van der Waals surface area contributed by atoms with Crippen LogP contribution in [-0.4, -0.2) is 11.1 Å². The van der Waals surface area contributed by atoms with E-state index in [9.17, 15) is 9.18 Å². The molecular weight excluding hydrogens is 207 g/mol. The summed E-state index contributed by atoms with van der Waals surface area (Å²) in [5.41, 5.74) is 0.428. The molecule has 0 unspecified atom stereocenters. The molecule has 0 atom stereocenters. The van der Waals surface area contributed by atoms with E-state index >= 15 is 0 Å². The zero-order chi connectivity index (χ0) is 10.7. The highest BCUT2D eigenvalue weighted by Gasteiger charge is 2.13. The molecule has 1 aromatic carbocycles. The van der Waals surface area contributed by atoms with Gasteiger partial charge < -0.3 is 5.11 Å². The van der Waals surface area contributed by atoms with E-state index in [0.29, 0.717) is 10.6 Å². The summed E-state index contributed by atoms with van der Waals surface area (Å²) in [6.45, 7) is 1.38. The summed E-state index contributed by atoms with van der Waals surface area (Å²) in [5, 5.41) is 8.76. The molecule has 1 N–H and O–H groups in total. The third kappa shape index (κ3) is 2.12. The van der Waals surface area contributed by atoms with Crippen molar-refractivity contribution in [2.24, 2.45) is 0 Å². The van der Waals surface area contributed by atoms with E-state index in [1.165, 1.54) is 6.92 Å². The van der Waals surface area contributed by atoms with Crippen LogP contribution >= 0.6 is 11.6 Å². The van der Waals surface area contributed by atoms with Gasteiger partial charge >= 0.3 is 5.97 Å². The van der Waals surface area contributed by atoms with E-state index in [4.69, 9.17) is 16.7 Å². The number of aliphatic carboxylic acids is 1. The second-order valence-electron chi connectivity index (χ2n) is 2.72. The van der Waals surface area contributed by atoms with Crippen molar-refractivity contribution in [2.75, 3.05) is 0 Å². The number of hydrogen-bond acceptors (Lipinski definition) is 1. The Morgan fingerprint density at radius 2 is 2.00 bits per heavy atom. The average molecular weight is 215 g/mol. The first kappa shape index (κ1) is 10.7. The van der Waals surface area contributed by atoms with Crippen LogP contribution in [0, 0.1) is 0 Å². The summed E-state index contributed by atoms with van der Waals surface area (Å²) in [4.78, 5) is 10.3. The van der Waals surface area contributed by atoms with Crippen LogP contribution in [0.5, 0.6) is 0 Å². The van der Waals surface area contributed by atoms with Crippen LogP contribution in [0.1, 0.15) is 12.5 Å². The van der Waals surface area contributed by atoms with E-state index in [2.05, 4.69) is 0 Å². The van der Waals surface area contributed by atoms with Gasteiger partial charge in [0.2, 0.25) is 5.83 Å². The summed E-state index contributed by atoms with van der Waals surface area (Å²) in [6.07, 6.45) is 0.